The Morgan fingerprint density at radius 2 is 2.05 bits per heavy atom. The van der Waals surface area contributed by atoms with Crippen LogP contribution in [0.3, 0.4) is 0 Å². The first-order chi connectivity index (χ1) is 10.0. The van der Waals surface area contributed by atoms with Crippen molar-refractivity contribution < 1.29 is 0 Å². The molecule has 0 aliphatic carbocycles. The summed E-state index contributed by atoms with van der Waals surface area (Å²) in [4.78, 5) is 20.6. The zero-order valence-corrected chi connectivity index (χ0v) is 12.2. The normalized spacial score (nSPS) is 14.7. The average Bonchev–Trinajstić information content (AvgIpc) is 2.76. The molecule has 4 heteroatoms. The van der Waals surface area contributed by atoms with Crippen LogP contribution in [0, 0.1) is 6.92 Å². The largest absolute Gasteiger partial charge is 0.286 e. The second-order valence-electron chi connectivity index (χ2n) is 4.43. The van der Waals surface area contributed by atoms with Crippen LogP contribution < -0.4 is 16.1 Å². The summed E-state index contributed by atoms with van der Waals surface area (Å²) in [5.41, 5.74) is 8.05. The molecule has 0 saturated heterocycles. The van der Waals surface area contributed by atoms with E-state index in [0.717, 1.165) is 5.57 Å². The SMILES string of the molecule is C=C=C=c1c(C)c(N=C)c(=O)n2c1=C(C=C)C(=NC)C2=C. The quantitative estimate of drug-likeness (QED) is 0.590. The van der Waals surface area contributed by atoms with Gasteiger partial charge in [-0.15, -0.1) is 0 Å². The fourth-order valence-electron chi connectivity index (χ4n) is 2.53. The maximum Gasteiger partial charge on any atom is 0.281 e. The second-order valence-corrected chi connectivity index (χ2v) is 4.43. The summed E-state index contributed by atoms with van der Waals surface area (Å²) in [6.45, 7) is 16.6. The molecule has 0 radical (unpaired) electrons. The Hall–Kier alpha value is -2.93. The van der Waals surface area contributed by atoms with E-state index < -0.39 is 0 Å². The molecule has 0 saturated carbocycles. The molecule has 0 N–H and O–H groups in total. The van der Waals surface area contributed by atoms with Gasteiger partial charge in [0.15, 0.2) is 0 Å². The van der Waals surface area contributed by atoms with Crippen molar-refractivity contribution in [1.29, 1.82) is 0 Å². The van der Waals surface area contributed by atoms with E-state index in [-0.39, 0.29) is 11.2 Å². The number of nitrogens with zero attached hydrogens (tertiary/aromatic N) is 3. The minimum Gasteiger partial charge on any atom is -0.286 e. The molecule has 1 aromatic heterocycles. The monoisotopic (exact) mass is 277 g/mol. The van der Waals surface area contributed by atoms with E-state index >= 15 is 0 Å². The first-order valence-electron chi connectivity index (χ1n) is 6.24. The van der Waals surface area contributed by atoms with Crippen LogP contribution in [0.15, 0.2) is 46.3 Å². The van der Waals surface area contributed by atoms with Gasteiger partial charge in [-0.25, -0.2) is 0 Å². The van der Waals surface area contributed by atoms with Gasteiger partial charge in [0.1, 0.15) is 5.69 Å². The van der Waals surface area contributed by atoms with Gasteiger partial charge in [0.05, 0.1) is 22.0 Å². The molecule has 104 valence electrons. The average molecular weight is 277 g/mol. The van der Waals surface area contributed by atoms with Crippen LogP contribution in [0.1, 0.15) is 5.56 Å². The molecule has 0 aromatic carbocycles. The Morgan fingerprint density at radius 3 is 2.52 bits per heavy atom. The van der Waals surface area contributed by atoms with Crippen LogP contribution in [-0.4, -0.2) is 24.0 Å². The minimum atomic E-state index is -0.282. The lowest BCUT2D eigenvalue weighted by atomic mass is 10.1. The number of allylic oxidation sites excluding steroid dienone is 2. The molecule has 1 aliphatic heterocycles. The Bertz CT molecular complexity index is 961. The van der Waals surface area contributed by atoms with E-state index in [1.807, 2.05) is 0 Å². The number of hydrogen-bond acceptors (Lipinski definition) is 3. The lowest BCUT2D eigenvalue weighted by molar-refractivity contribution is 0.978. The van der Waals surface area contributed by atoms with E-state index in [1.54, 1.807) is 20.0 Å². The number of pyridine rings is 1. The van der Waals surface area contributed by atoms with Crippen LogP contribution in [-0.2, 0) is 0 Å². The zero-order valence-electron chi connectivity index (χ0n) is 12.2. The van der Waals surface area contributed by atoms with Gasteiger partial charge < -0.3 is 0 Å². The first-order valence-corrected chi connectivity index (χ1v) is 6.24. The van der Waals surface area contributed by atoms with E-state index in [0.29, 0.717) is 27.5 Å². The molecule has 1 aliphatic rings. The van der Waals surface area contributed by atoms with E-state index in [4.69, 9.17) is 0 Å². The van der Waals surface area contributed by atoms with E-state index in [2.05, 4.69) is 47.9 Å². The summed E-state index contributed by atoms with van der Waals surface area (Å²) < 4.78 is 1.47. The van der Waals surface area contributed by atoms with Crippen molar-refractivity contribution >= 4 is 35.1 Å². The first kappa shape index (κ1) is 14.5. The van der Waals surface area contributed by atoms with Crippen LogP contribution in [0.2, 0.25) is 0 Å². The molecule has 0 atom stereocenters. The van der Waals surface area contributed by atoms with Crippen LogP contribution in [0.25, 0.3) is 17.0 Å². The lowest BCUT2D eigenvalue weighted by Gasteiger charge is -2.06. The van der Waals surface area contributed by atoms with Crippen LogP contribution >= 0.6 is 0 Å². The molecule has 0 spiro atoms. The Balaban J connectivity index is 3.40. The number of hydrogen-bond donors (Lipinski definition) is 0. The van der Waals surface area contributed by atoms with Gasteiger partial charge in [-0.1, -0.05) is 30.7 Å². The number of fused-ring (bicyclic) bond motifs is 1. The third kappa shape index (κ3) is 1.83. The van der Waals surface area contributed by atoms with Gasteiger partial charge in [-0.2, -0.15) is 0 Å². The summed E-state index contributed by atoms with van der Waals surface area (Å²) in [6, 6.07) is 0. The third-order valence-corrected chi connectivity index (χ3v) is 3.45. The fraction of sp³-hybridized carbons (Fsp3) is 0.118. The van der Waals surface area contributed by atoms with Crippen molar-refractivity contribution in [3.8, 4) is 0 Å². The lowest BCUT2D eigenvalue weighted by Crippen LogP contribution is -2.42. The van der Waals surface area contributed by atoms with Gasteiger partial charge in [0.2, 0.25) is 0 Å². The highest BCUT2D eigenvalue weighted by atomic mass is 16.1. The van der Waals surface area contributed by atoms with Gasteiger partial charge >= 0.3 is 0 Å². The summed E-state index contributed by atoms with van der Waals surface area (Å²) in [6.07, 6.45) is 1.65. The molecule has 2 rings (SSSR count). The predicted molar refractivity (Wildman–Crippen MR) is 88.7 cm³/mol. The Morgan fingerprint density at radius 1 is 1.38 bits per heavy atom. The maximum atomic E-state index is 12.6. The zero-order chi connectivity index (χ0) is 15.7. The van der Waals surface area contributed by atoms with Crippen molar-refractivity contribution in [3.63, 3.8) is 0 Å². The van der Waals surface area contributed by atoms with Crippen LogP contribution in [0.4, 0.5) is 5.69 Å². The molecule has 1 aromatic rings. The number of aromatic nitrogens is 1. The summed E-state index contributed by atoms with van der Waals surface area (Å²) in [5.74, 6) is 0. The molecular formula is C17H15N3O. The van der Waals surface area contributed by atoms with Crippen molar-refractivity contribution in [3.05, 3.63) is 58.0 Å². The highest BCUT2D eigenvalue weighted by Crippen LogP contribution is 2.17. The van der Waals surface area contributed by atoms with Crippen LogP contribution in [0.5, 0.6) is 0 Å². The molecule has 0 amide bonds. The molecule has 21 heavy (non-hydrogen) atoms. The number of rotatable bonds is 2. The minimum absolute atomic E-state index is 0.262. The molecule has 0 bridgehead atoms. The summed E-state index contributed by atoms with van der Waals surface area (Å²) in [5, 5.41) is 1.31. The third-order valence-electron chi connectivity index (χ3n) is 3.45. The topological polar surface area (TPSA) is 46.7 Å². The summed E-state index contributed by atoms with van der Waals surface area (Å²) >= 11 is 0. The van der Waals surface area contributed by atoms with Crippen molar-refractivity contribution in [1.82, 2.24) is 4.57 Å². The Kier molecular flexibility index (Phi) is 3.60. The molecule has 0 fully saturated rings. The van der Waals surface area contributed by atoms with E-state index in [9.17, 15) is 4.79 Å². The van der Waals surface area contributed by atoms with Gasteiger partial charge in [-0.3, -0.25) is 19.3 Å². The van der Waals surface area contributed by atoms with Crippen molar-refractivity contribution in [2.75, 3.05) is 7.05 Å². The standard InChI is InChI=1S/C17H15N3O/c1-7-9-13-10(3)14(18-5)17(21)20-11(4)15(19-6)12(8-2)16(13)20/h8H,1-2,4-5H2,3,6H3. The predicted octanol–water partition coefficient (Wildman–Crippen LogP) is 1.10. The van der Waals surface area contributed by atoms with Gasteiger partial charge in [0.25, 0.3) is 5.56 Å². The maximum absolute atomic E-state index is 12.6. The highest BCUT2D eigenvalue weighted by molar-refractivity contribution is 6.42. The van der Waals surface area contributed by atoms with Gasteiger partial charge in [0, 0.05) is 12.6 Å². The van der Waals surface area contributed by atoms with Gasteiger partial charge in [-0.05, 0) is 25.8 Å². The fourth-order valence-corrected chi connectivity index (χ4v) is 2.53. The summed E-state index contributed by atoms with van der Waals surface area (Å²) in [7, 11) is 1.65. The highest BCUT2D eigenvalue weighted by Gasteiger charge is 2.25. The molecular weight excluding hydrogens is 262 g/mol. The number of aliphatic imine (C=N–C) groups is 2. The molecule has 0 unspecified atom stereocenters. The second kappa shape index (κ2) is 5.22. The van der Waals surface area contributed by atoms with Crippen molar-refractivity contribution in [2.45, 2.75) is 6.92 Å². The molecule has 2 heterocycles. The van der Waals surface area contributed by atoms with Crippen molar-refractivity contribution in [2.24, 2.45) is 9.98 Å². The van der Waals surface area contributed by atoms with E-state index in [1.165, 1.54) is 4.57 Å². The Labute approximate surface area is 122 Å². The smallest absolute Gasteiger partial charge is 0.281 e. The molecule has 4 nitrogen and oxygen atoms in total.